The van der Waals surface area contributed by atoms with E-state index in [4.69, 9.17) is 10.00 Å². The fourth-order valence-electron chi connectivity index (χ4n) is 1.71. The van der Waals surface area contributed by atoms with Crippen LogP contribution >= 0.6 is 0 Å². The second-order valence-corrected chi connectivity index (χ2v) is 5.27. The van der Waals surface area contributed by atoms with Crippen molar-refractivity contribution in [3.05, 3.63) is 29.8 Å². The molecule has 1 atom stereocenters. The van der Waals surface area contributed by atoms with Crippen LogP contribution in [0.1, 0.15) is 33.3 Å². The van der Waals surface area contributed by atoms with Gasteiger partial charge in [0.05, 0.1) is 6.07 Å². The SMILES string of the molecule is CCc1ccccc1OCC(=O)NC(C)(C#N)C(C)C. The Hall–Kier alpha value is -2.02. The van der Waals surface area contributed by atoms with Gasteiger partial charge in [0.2, 0.25) is 0 Å². The van der Waals surface area contributed by atoms with Crippen LogP contribution in [0.15, 0.2) is 24.3 Å². The van der Waals surface area contributed by atoms with Crippen LogP contribution in [-0.2, 0) is 11.2 Å². The second kappa shape index (κ2) is 6.95. The third-order valence-electron chi connectivity index (χ3n) is 3.50. The molecule has 4 heteroatoms. The standard InChI is InChI=1S/C16H22N2O2/c1-5-13-8-6-7-9-14(13)20-10-15(19)18-16(4,11-17)12(2)3/h6-9,12H,5,10H2,1-4H3,(H,18,19). The van der Waals surface area contributed by atoms with Crippen molar-refractivity contribution >= 4 is 5.91 Å². The van der Waals surface area contributed by atoms with Gasteiger partial charge in [-0.25, -0.2) is 0 Å². The Morgan fingerprint density at radius 1 is 1.45 bits per heavy atom. The predicted molar refractivity (Wildman–Crippen MR) is 78.3 cm³/mol. The number of benzene rings is 1. The zero-order valence-corrected chi connectivity index (χ0v) is 12.6. The van der Waals surface area contributed by atoms with Crippen molar-refractivity contribution in [3.63, 3.8) is 0 Å². The van der Waals surface area contributed by atoms with E-state index < -0.39 is 5.54 Å². The summed E-state index contributed by atoms with van der Waals surface area (Å²) in [7, 11) is 0. The molecule has 0 aliphatic rings. The van der Waals surface area contributed by atoms with Crippen molar-refractivity contribution in [1.29, 1.82) is 5.26 Å². The van der Waals surface area contributed by atoms with Crippen molar-refractivity contribution in [2.75, 3.05) is 6.61 Å². The molecule has 0 bridgehead atoms. The normalized spacial score (nSPS) is 13.4. The maximum atomic E-state index is 11.9. The van der Waals surface area contributed by atoms with Crippen LogP contribution in [0.2, 0.25) is 0 Å². The molecule has 0 aliphatic heterocycles. The molecule has 20 heavy (non-hydrogen) atoms. The first kappa shape index (κ1) is 16.0. The van der Waals surface area contributed by atoms with Gasteiger partial charge in [0.25, 0.3) is 5.91 Å². The van der Waals surface area contributed by atoms with E-state index in [1.807, 2.05) is 45.0 Å². The number of nitrogens with zero attached hydrogens (tertiary/aromatic N) is 1. The highest BCUT2D eigenvalue weighted by molar-refractivity contribution is 5.78. The fraction of sp³-hybridized carbons (Fsp3) is 0.500. The summed E-state index contributed by atoms with van der Waals surface area (Å²) in [6.07, 6.45) is 0.847. The molecule has 0 fully saturated rings. The largest absolute Gasteiger partial charge is 0.483 e. The first-order valence-corrected chi connectivity index (χ1v) is 6.86. The van der Waals surface area contributed by atoms with Crippen LogP contribution in [0.3, 0.4) is 0 Å². The van der Waals surface area contributed by atoms with Crippen LogP contribution in [0.4, 0.5) is 0 Å². The highest BCUT2D eigenvalue weighted by Gasteiger charge is 2.30. The summed E-state index contributed by atoms with van der Waals surface area (Å²) in [5.41, 5.74) is 0.192. The van der Waals surface area contributed by atoms with Gasteiger partial charge in [0.15, 0.2) is 6.61 Å². The quantitative estimate of drug-likeness (QED) is 0.867. The molecule has 1 N–H and O–H groups in total. The number of hydrogen-bond donors (Lipinski definition) is 1. The van der Waals surface area contributed by atoms with Gasteiger partial charge in [-0.2, -0.15) is 5.26 Å². The predicted octanol–water partition coefficient (Wildman–Crippen LogP) is 2.68. The third kappa shape index (κ3) is 3.99. The molecule has 1 aromatic carbocycles. The van der Waals surface area contributed by atoms with Gasteiger partial charge in [-0.1, -0.05) is 39.0 Å². The van der Waals surface area contributed by atoms with Crippen molar-refractivity contribution in [1.82, 2.24) is 5.32 Å². The number of aryl methyl sites for hydroxylation is 1. The number of amides is 1. The van der Waals surface area contributed by atoms with E-state index in [1.165, 1.54) is 0 Å². The van der Waals surface area contributed by atoms with E-state index in [0.717, 1.165) is 12.0 Å². The minimum atomic E-state index is -0.870. The summed E-state index contributed by atoms with van der Waals surface area (Å²) in [6, 6.07) is 9.78. The molecule has 1 amide bonds. The average Bonchev–Trinajstić information content (AvgIpc) is 2.45. The lowest BCUT2D eigenvalue weighted by Gasteiger charge is -2.27. The first-order chi connectivity index (χ1) is 9.42. The Kier molecular flexibility index (Phi) is 5.57. The molecular formula is C16H22N2O2. The summed E-state index contributed by atoms with van der Waals surface area (Å²) in [5.74, 6) is 0.460. The van der Waals surface area contributed by atoms with Crippen LogP contribution in [0.5, 0.6) is 5.75 Å². The average molecular weight is 274 g/mol. The Balaban J connectivity index is 2.62. The van der Waals surface area contributed by atoms with E-state index in [2.05, 4.69) is 11.4 Å². The van der Waals surface area contributed by atoms with E-state index in [-0.39, 0.29) is 18.4 Å². The van der Waals surface area contributed by atoms with Crippen LogP contribution in [0, 0.1) is 17.2 Å². The molecule has 0 aromatic heterocycles. The number of ether oxygens (including phenoxy) is 1. The molecule has 0 saturated heterocycles. The van der Waals surface area contributed by atoms with Gasteiger partial charge < -0.3 is 10.1 Å². The highest BCUT2D eigenvalue weighted by Crippen LogP contribution is 2.18. The molecule has 1 rings (SSSR count). The maximum absolute atomic E-state index is 11.9. The fourth-order valence-corrected chi connectivity index (χ4v) is 1.71. The number of carbonyl (C=O) groups excluding carboxylic acids is 1. The Bertz CT molecular complexity index is 505. The summed E-state index contributed by atoms with van der Waals surface area (Å²) in [4.78, 5) is 11.9. The Morgan fingerprint density at radius 2 is 2.10 bits per heavy atom. The molecule has 0 spiro atoms. The lowest BCUT2D eigenvalue weighted by atomic mass is 9.90. The number of nitriles is 1. The zero-order valence-electron chi connectivity index (χ0n) is 12.6. The summed E-state index contributed by atoms with van der Waals surface area (Å²) in [6.45, 7) is 7.47. The van der Waals surface area contributed by atoms with Gasteiger partial charge in [0, 0.05) is 0 Å². The van der Waals surface area contributed by atoms with Crippen molar-refractivity contribution in [3.8, 4) is 11.8 Å². The maximum Gasteiger partial charge on any atom is 0.259 e. The van der Waals surface area contributed by atoms with Crippen LogP contribution in [0.25, 0.3) is 0 Å². The number of para-hydroxylation sites is 1. The number of carbonyl (C=O) groups is 1. The van der Waals surface area contributed by atoms with Gasteiger partial charge >= 0.3 is 0 Å². The highest BCUT2D eigenvalue weighted by atomic mass is 16.5. The lowest BCUT2D eigenvalue weighted by molar-refractivity contribution is -0.124. The lowest BCUT2D eigenvalue weighted by Crippen LogP contribution is -2.50. The van der Waals surface area contributed by atoms with Gasteiger partial charge in [0.1, 0.15) is 11.3 Å². The monoisotopic (exact) mass is 274 g/mol. The van der Waals surface area contributed by atoms with Crippen molar-refractivity contribution in [2.24, 2.45) is 5.92 Å². The van der Waals surface area contributed by atoms with Crippen LogP contribution in [-0.4, -0.2) is 18.1 Å². The summed E-state index contributed by atoms with van der Waals surface area (Å²) in [5, 5.41) is 11.9. The molecule has 1 aromatic rings. The van der Waals surface area contributed by atoms with E-state index in [0.29, 0.717) is 5.75 Å². The Morgan fingerprint density at radius 3 is 2.65 bits per heavy atom. The topological polar surface area (TPSA) is 62.1 Å². The van der Waals surface area contributed by atoms with E-state index in [9.17, 15) is 4.79 Å². The molecule has 1 unspecified atom stereocenters. The molecule has 4 nitrogen and oxygen atoms in total. The van der Waals surface area contributed by atoms with Gasteiger partial charge in [-0.15, -0.1) is 0 Å². The van der Waals surface area contributed by atoms with Gasteiger partial charge in [-0.05, 0) is 30.9 Å². The van der Waals surface area contributed by atoms with Crippen molar-refractivity contribution in [2.45, 2.75) is 39.7 Å². The number of rotatable bonds is 6. The van der Waals surface area contributed by atoms with Gasteiger partial charge in [-0.3, -0.25) is 4.79 Å². The molecular weight excluding hydrogens is 252 g/mol. The summed E-state index contributed by atoms with van der Waals surface area (Å²) >= 11 is 0. The zero-order chi connectivity index (χ0) is 15.2. The van der Waals surface area contributed by atoms with E-state index >= 15 is 0 Å². The summed E-state index contributed by atoms with van der Waals surface area (Å²) < 4.78 is 5.54. The van der Waals surface area contributed by atoms with E-state index in [1.54, 1.807) is 6.92 Å². The molecule has 0 heterocycles. The Labute approximate surface area is 120 Å². The number of nitrogens with one attached hydrogen (secondary N) is 1. The molecule has 108 valence electrons. The third-order valence-corrected chi connectivity index (χ3v) is 3.50. The number of hydrogen-bond acceptors (Lipinski definition) is 3. The molecule has 0 radical (unpaired) electrons. The first-order valence-electron chi connectivity index (χ1n) is 6.86. The molecule has 0 saturated carbocycles. The minimum absolute atomic E-state index is 0.0272. The second-order valence-electron chi connectivity index (χ2n) is 5.27. The van der Waals surface area contributed by atoms with Crippen LogP contribution < -0.4 is 10.1 Å². The van der Waals surface area contributed by atoms with Crippen molar-refractivity contribution < 1.29 is 9.53 Å². The minimum Gasteiger partial charge on any atom is -0.483 e. The molecule has 0 aliphatic carbocycles. The smallest absolute Gasteiger partial charge is 0.259 e.